The lowest BCUT2D eigenvalue weighted by Crippen LogP contribution is -2.24. The molecule has 0 heterocycles. The van der Waals surface area contributed by atoms with Crippen molar-refractivity contribution in [3.8, 4) is 0 Å². The Morgan fingerprint density at radius 1 is 1.04 bits per heavy atom. The fraction of sp³-hybridized carbons (Fsp3) is 0.176. The van der Waals surface area contributed by atoms with E-state index >= 15 is 0 Å². The number of nitrogens with one attached hydrogen (secondary N) is 1. The molecular weight excluding hydrogens is 294 g/mol. The second-order valence-electron chi connectivity index (χ2n) is 5.36. The lowest BCUT2D eigenvalue weighted by molar-refractivity contribution is -0.497. The zero-order valence-electron chi connectivity index (χ0n) is 12.3. The van der Waals surface area contributed by atoms with E-state index in [1.807, 2.05) is 60.7 Å². The van der Waals surface area contributed by atoms with E-state index in [1.165, 1.54) is 0 Å². The molecule has 1 fully saturated rings. The SMILES string of the molecule is O=C(NN=C(c1ccccc1)c1ccccc1)C1CC1[N+](=O)[O-]. The zero-order valence-corrected chi connectivity index (χ0v) is 12.3. The van der Waals surface area contributed by atoms with Crippen LogP contribution in [0.25, 0.3) is 0 Å². The third kappa shape index (κ3) is 3.42. The van der Waals surface area contributed by atoms with Gasteiger partial charge in [-0.15, -0.1) is 0 Å². The van der Waals surface area contributed by atoms with Gasteiger partial charge in [0.25, 0.3) is 0 Å². The van der Waals surface area contributed by atoms with Crippen LogP contribution in [0.15, 0.2) is 65.8 Å². The second kappa shape index (κ2) is 6.39. The summed E-state index contributed by atoms with van der Waals surface area (Å²) in [7, 11) is 0. The Kier molecular flexibility index (Phi) is 4.14. The van der Waals surface area contributed by atoms with E-state index in [4.69, 9.17) is 0 Å². The number of carbonyl (C=O) groups is 1. The summed E-state index contributed by atoms with van der Waals surface area (Å²) < 4.78 is 0. The molecule has 1 aliphatic rings. The molecule has 1 amide bonds. The lowest BCUT2D eigenvalue weighted by Gasteiger charge is -2.07. The molecule has 0 aromatic heterocycles. The molecule has 0 bridgehead atoms. The summed E-state index contributed by atoms with van der Waals surface area (Å²) in [5, 5.41) is 14.9. The van der Waals surface area contributed by atoms with Gasteiger partial charge in [0.2, 0.25) is 11.9 Å². The molecule has 1 N–H and O–H groups in total. The molecule has 0 spiro atoms. The number of carbonyl (C=O) groups excluding carboxylic acids is 1. The third-order valence-corrected chi connectivity index (χ3v) is 3.74. The highest BCUT2D eigenvalue weighted by Crippen LogP contribution is 2.33. The van der Waals surface area contributed by atoms with Crippen molar-refractivity contribution >= 4 is 11.6 Å². The van der Waals surface area contributed by atoms with E-state index in [1.54, 1.807) is 0 Å². The maximum atomic E-state index is 12.0. The first-order valence-electron chi connectivity index (χ1n) is 7.28. The standard InChI is InChI=1S/C17H15N3O3/c21-17(14-11-15(14)20(22)23)19-18-16(12-7-3-1-4-8-12)13-9-5-2-6-10-13/h1-10,14-15H,11H2,(H,19,21). The van der Waals surface area contributed by atoms with Crippen molar-refractivity contribution in [2.75, 3.05) is 0 Å². The molecular formula is C17H15N3O3. The molecule has 2 unspecified atom stereocenters. The Morgan fingerprint density at radius 2 is 1.57 bits per heavy atom. The lowest BCUT2D eigenvalue weighted by atomic mass is 10.0. The number of nitro groups is 1. The van der Waals surface area contributed by atoms with Crippen LogP contribution in [0.1, 0.15) is 17.5 Å². The average molecular weight is 309 g/mol. The molecule has 1 aliphatic carbocycles. The normalized spacial score (nSPS) is 18.8. The Morgan fingerprint density at radius 3 is 2.00 bits per heavy atom. The van der Waals surface area contributed by atoms with Crippen LogP contribution in [0, 0.1) is 16.0 Å². The van der Waals surface area contributed by atoms with Crippen LogP contribution in [-0.2, 0) is 4.79 Å². The summed E-state index contributed by atoms with van der Waals surface area (Å²) in [6.45, 7) is 0. The molecule has 2 atom stereocenters. The van der Waals surface area contributed by atoms with Gasteiger partial charge < -0.3 is 0 Å². The van der Waals surface area contributed by atoms with Crippen LogP contribution in [0.4, 0.5) is 0 Å². The van der Waals surface area contributed by atoms with Gasteiger partial charge in [-0.25, -0.2) is 5.43 Å². The Labute approximate surface area is 133 Å². The maximum Gasteiger partial charge on any atom is 0.250 e. The summed E-state index contributed by atoms with van der Waals surface area (Å²) >= 11 is 0. The summed E-state index contributed by atoms with van der Waals surface area (Å²) in [6, 6.07) is 18.2. The van der Waals surface area contributed by atoms with Crippen LogP contribution < -0.4 is 5.43 Å². The van der Waals surface area contributed by atoms with Gasteiger partial charge in [-0.1, -0.05) is 60.7 Å². The maximum absolute atomic E-state index is 12.0. The van der Waals surface area contributed by atoms with Crippen molar-refractivity contribution in [3.63, 3.8) is 0 Å². The third-order valence-electron chi connectivity index (χ3n) is 3.74. The quantitative estimate of drug-likeness (QED) is 0.522. The molecule has 6 heteroatoms. The zero-order chi connectivity index (χ0) is 16.2. The molecule has 0 saturated heterocycles. The molecule has 1 saturated carbocycles. The van der Waals surface area contributed by atoms with Gasteiger partial charge in [0.15, 0.2) is 0 Å². The minimum Gasteiger partial charge on any atom is -0.273 e. The van der Waals surface area contributed by atoms with E-state index in [2.05, 4.69) is 10.5 Å². The van der Waals surface area contributed by atoms with Crippen molar-refractivity contribution in [1.29, 1.82) is 0 Å². The summed E-state index contributed by atoms with van der Waals surface area (Å²) in [5.74, 6) is -0.988. The molecule has 2 aromatic carbocycles. The first-order valence-corrected chi connectivity index (χ1v) is 7.28. The van der Waals surface area contributed by atoms with E-state index in [9.17, 15) is 14.9 Å². The Balaban J connectivity index is 1.82. The molecule has 23 heavy (non-hydrogen) atoms. The Hall–Kier alpha value is -3.02. The fourth-order valence-electron chi connectivity index (χ4n) is 2.38. The van der Waals surface area contributed by atoms with E-state index < -0.39 is 22.8 Å². The van der Waals surface area contributed by atoms with Gasteiger partial charge in [0.05, 0.1) is 5.71 Å². The number of hydrazone groups is 1. The van der Waals surface area contributed by atoms with Crippen LogP contribution >= 0.6 is 0 Å². The topological polar surface area (TPSA) is 84.6 Å². The molecule has 6 nitrogen and oxygen atoms in total. The summed E-state index contributed by atoms with van der Waals surface area (Å²) in [4.78, 5) is 22.2. The Bertz CT molecular complexity index is 703. The van der Waals surface area contributed by atoms with Crippen molar-refractivity contribution in [3.05, 3.63) is 81.9 Å². The number of nitrogens with zero attached hydrogens (tertiary/aromatic N) is 2. The van der Waals surface area contributed by atoms with E-state index in [-0.39, 0.29) is 6.42 Å². The molecule has 3 rings (SSSR count). The van der Waals surface area contributed by atoms with Crippen molar-refractivity contribution in [1.82, 2.24) is 5.43 Å². The monoisotopic (exact) mass is 309 g/mol. The highest BCUT2D eigenvalue weighted by Gasteiger charge is 2.53. The molecule has 0 radical (unpaired) electrons. The summed E-state index contributed by atoms with van der Waals surface area (Å²) in [5.41, 5.74) is 4.82. The van der Waals surface area contributed by atoms with Gasteiger partial charge in [-0.2, -0.15) is 5.10 Å². The molecule has 2 aromatic rings. The van der Waals surface area contributed by atoms with Crippen LogP contribution in [0.3, 0.4) is 0 Å². The average Bonchev–Trinajstić information content (AvgIpc) is 3.38. The van der Waals surface area contributed by atoms with Crippen molar-refractivity contribution < 1.29 is 9.72 Å². The highest BCUT2D eigenvalue weighted by molar-refractivity contribution is 6.13. The van der Waals surface area contributed by atoms with Crippen LogP contribution in [0.5, 0.6) is 0 Å². The number of hydrogen-bond acceptors (Lipinski definition) is 4. The van der Waals surface area contributed by atoms with Crippen molar-refractivity contribution in [2.45, 2.75) is 12.5 Å². The first-order chi connectivity index (χ1) is 11.2. The summed E-state index contributed by atoms with van der Waals surface area (Å²) in [6.07, 6.45) is 0.278. The van der Waals surface area contributed by atoms with Gasteiger partial charge in [-0.3, -0.25) is 14.9 Å². The minimum atomic E-state index is -0.776. The van der Waals surface area contributed by atoms with Crippen molar-refractivity contribution in [2.24, 2.45) is 11.0 Å². The van der Waals surface area contributed by atoms with Crippen LogP contribution in [-0.4, -0.2) is 22.6 Å². The molecule has 0 aliphatic heterocycles. The van der Waals surface area contributed by atoms with Gasteiger partial charge in [-0.05, 0) is 0 Å². The van der Waals surface area contributed by atoms with Crippen LogP contribution in [0.2, 0.25) is 0 Å². The van der Waals surface area contributed by atoms with E-state index in [0.717, 1.165) is 11.1 Å². The number of hydrogen-bond donors (Lipinski definition) is 1. The smallest absolute Gasteiger partial charge is 0.250 e. The predicted octanol–water partition coefficient (Wildman–Crippen LogP) is 2.22. The number of rotatable bonds is 5. The van der Waals surface area contributed by atoms with Gasteiger partial charge in [0, 0.05) is 22.5 Å². The largest absolute Gasteiger partial charge is 0.273 e. The highest BCUT2D eigenvalue weighted by atomic mass is 16.6. The predicted molar refractivity (Wildman–Crippen MR) is 85.6 cm³/mol. The fourth-order valence-corrected chi connectivity index (χ4v) is 2.38. The number of amides is 1. The number of benzene rings is 2. The van der Waals surface area contributed by atoms with Gasteiger partial charge in [0.1, 0.15) is 5.92 Å². The van der Waals surface area contributed by atoms with Gasteiger partial charge >= 0.3 is 0 Å². The first kappa shape index (κ1) is 14.9. The molecule has 116 valence electrons. The minimum absolute atomic E-state index is 0.278. The van der Waals surface area contributed by atoms with E-state index in [0.29, 0.717) is 5.71 Å². The second-order valence-corrected chi connectivity index (χ2v) is 5.36.